The number of hydrogen-bond acceptors (Lipinski definition) is 1. The van der Waals surface area contributed by atoms with Crippen LogP contribution in [0.25, 0.3) is 10.9 Å². The van der Waals surface area contributed by atoms with E-state index in [0.29, 0.717) is 5.92 Å². The highest BCUT2D eigenvalue weighted by molar-refractivity contribution is 9.10. The summed E-state index contributed by atoms with van der Waals surface area (Å²) in [6.45, 7) is 4.47. The number of aromatic nitrogens is 1. The molecular weight excluding hydrogens is 264 g/mol. The second kappa shape index (κ2) is 3.90. The van der Waals surface area contributed by atoms with Crippen molar-refractivity contribution < 1.29 is 0 Å². The lowest BCUT2D eigenvalue weighted by Gasteiger charge is -2.06. The molecule has 3 rings (SSSR count). The number of aromatic amines is 1. The molecule has 1 aromatic heterocycles. The zero-order valence-electron chi connectivity index (χ0n) is 9.31. The highest BCUT2D eigenvalue weighted by Crippen LogP contribution is 2.31. The summed E-state index contributed by atoms with van der Waals surface area (Å²) in [7, 11) is 0. The van der Waals surface area contributed by atoms with Gasteiger partial charge in [-0.2, -0.15) is 0 Å². The van der Waals surface area contributed by atoms with Gasteiger partial charge in [0.15, 0.2) is 0 Å². The molecule has 1 aliphatic heterocycles. The number of benzene rings is 1. The van der Waals surface area contributed by atoms with Gasteiger partial charge in [-0.1, -0.05) is 22.0 Å². The molecule has 1 aliphatic rings. The summed E-state index contributed by atoms with van der Waals surface area (Å²) >= 11 is 3.52. The maximum atomic E-state index is 3.58. The number of halogens is 1. The molecule has 0 aliphatic carbocycles. The zero-order chi connectivity index (χ0) is 11.1. The molecular formula is C13H15BrN2. The van der Waals surface area contributed by atoms with Crippen LogP contribution in [-0.2, 0) is 0 Å². The molecule has 0 bridgehead atoms. The summed E-state index contributed by atoms with van der Waals surface area (Å²) in [5.41, 5.74) is 4.07. The largest absolute Gasteiger partial charge is 0.358 e. The maximum absolute atomic E-state index is 3.58. The molecule has 2 N–H and O–H groups in total. The number of rotatable bonds is 1. The first-order valence-electron chi connectivity index (χ1n) is 5.74. The Kier molecular flexibility index (Phi) is 2.52. The molecule has 1 unspecified atom stereocenters. The molecule has 2 aromatic rings. The predicted octanol–water partition coefficient (Wildman–Crippen LogP) is 3.32. The molecule has 1 saturated heterocycles. The smallest absolute Gasteiger partial charge is 0.0470 e. The van der Waals surface area contributed by atoms with Crippen LogP contribution in [0.5, 0.6) is 0 Å². The van der Waals surface area contributed by atoms with Crippen molar-refractivity contribution in [3.8, 4) is 0 Å². The first-order valence-corrected chi connectivity index (χ1v) is 6.53. The van der Waals surface area contributed by atoms with Gasteiger partial charge in [0.1, 0.15) is 0 Å². The Bertz CT molecular complexity index is 524. The van der Waals surface area contributed by atoms with Crippen LogP contribution in [0, 0.1) is 6.92 Å². The Hall–Kier alpha value is -0.800. The zero-order valence-corrected chi connectivity index (χ0v) is 10.9. The minimum atomic E-state index is 0.658. The second-order valence-electron chi connectivity index (χ2n) is 4.54. The molecule has 1 atom stereocenters. The average molecular weight is 279 g/mol. The molecule has 1 aromatic carbocycles. The van der Waals surface area contributed by atoms with Crippen molar-refractivity contribution in [3.05, 3.63) is 33.9 Å². The molecule has 0 spiro atoms. The van der Waals surface area contributed by atoms with E-state index in [1.165, 1.54) is 28.6 Å². The highest BCUT2D eigenvalue weighted by atomic mass is 79.9. The number of H-pyrrole nitrogens is 1. The minimum Gasteiger partial charge on any atom is -0.358 e. The minimum absolute atomic E-state index is 0.658. The maximum Gasteiger partial charge on any atom is 0.0470 e. The average Bonchev–Trinajstić information content (AvgIpc) is 2.86. The molecule has 2 nitrogen and oxygen atoms in total. The van der Waals surface area contributed by atoms with Gasteiger partial charge in [-0.05, 0) is 37.6 Å². The van der Waals surface area contributed by atoms with Gasteiger partial charge in [-0.3, -0.25) is 0 Å². The quantitative estimate of drug-likeness (QED) is 0.823. The van der Waals surface area contributed by atoms with Crippen LogP contribution < -0.4 is 5.32 Å². The summed E-state index contributed by atoms with van der Waals surface area (Å²) in [5.74, 6) is 0.658. The van der Waals surface area contributed by atoms with Crippen LogP contribution in [0.4, 0.5) is 0 Å². The topological polar surface area (TPSA) is 27.8 Å². The first kappa shape index (κ1) is 10.4. The van der Waals surface area contributed by atoms with E-state index in [-0.39, 0.29) is 0 Å². The Labute approximate surface area is 104 Å². The van der Waals surface area contributed by atoms with Gasteiger partial charge >= 0.3 is 0 Å². The van der Waals surface area contributed by atoms with Crippen LogP contribution >= 0.6 is 15.9 Å². The third-order valence-electron chi connectivity index (χ3n) is 3.53. The monoisotopic (exact) mass is 278 g/mol. The van der Waals surface area contributed by atoms with Crippen LogP contribution in [-0.4, -0.2) is 18.1 Å². The second-order valence-corrected chi connectivity index (χ2v) is 5.46. The summed E-state index contributed by atoms with van der Waals surface area (Å²) in [4.78, 5) is 3.58. The fourth-order valence-electron chi connectivity index (χ4n) is 2.64. The van der Waals surface area contributed by atoms with Gasteiger partial charge in [0.05, 0.1) is 0 Å². The van der Waals surface area contributed by atoms with Gasteiger partial charge in [0.2, 0.25) is 0 Å². The molecule has 2 heterocycles. The number of hydrogen-bond donors (Lipinski definition) is 2. The molecule has 3 heteroatoms. The van der Waals surface area contributed by atoms with Gasteiger partial charge in [-0.25, -0.2) is 0 Å². The lowest BCUT2D eigenvalue weighted by molar-refractivity contribution is 0.738. The lowest BCUT2D eigenvalue weighted by atomic mass is 10.0. The molecule has 0 radical (unpaired) electrons. The molecule has 84 valence electrons. The van der Waals surface area contributed by atoms with Crippen LogP contribution in [0.2, 0.25) is 0 Å². The van der Waals surface area contributed by atoms with E-state index in [0.717, 1.165) is 17.6 Å². The Morgan fingerprint density at radius 3 is 3.00 bits per heavy atom. The Morgan fingerprint density at radius 1 is 1.38 bits per heavy atom. The number of aryl methyl sites for hydroxylation is 1. The third-order valence-corrected chi connectivity index (χ3v) is 4.02. The van der Waals surface area contributed by atoms with E-state index in [1.807, 2.05) is 0 Å². The normalized spacial score (nSPS) is 20.8. The van der Waals surface area contributed by atoms with Gasteiger partial charge in [0, 0.05) is 33.5 Å². The van der Waals surface area contributed by atoms with Gasteiger partial charge in [0.25, 0.3) is 0 Å². The van der Waals surface area contributed by atoms with Crippen LogP contribution in [0.15, 0.2) is 22.7 Å². The molecule has 0 amide bonds. The van der Waals surface area contributed by atoms with E-state index in [1.54, 1.807) is 0 Å². The molecule has 0 saturated carbocycles. The van der Waals surface area contributed by atoms with E-state index in [4.69, 9.17) is 0 Å². The summed E-state index contributed by atoms with van der Waals surface area (Å²) in [5, 5.41) is 4.78. The standard InChI is InChI=1S/C13H15BrN2/c1-8-11-3-2-10(14)6-12(11)16-13(8)9-4-5-15-7-9/h2-3,6,9,15-16H,4-5,7H2,1H3. The fourth-order valence-corrected chi connectivity index (χ4v) is 3.00. The molecule has 16 heavy (non-hydrogen) atoms. The van der Waals surface area contributed by atoms with Gasteiger partial charge in [-0.15, -0.1) is 0 Å². The van der Waals surface area contributed by atoms with Crippen molar-refractivity contribution >= 4 is 26.8 Å². The van der Waals surface area contributed by atoms with E-state index in [9.17, 15) is 0 Å². The predicted molar refractivity (Wildman–Crippen MR) is 71.0 cm³/mol. The SMILES string of the molecule is Cc1c(C2CCNC2)[nH]c2cc(Br)ccc12. The first-order chi connectivity index (χ1) is 7.75. The van der Waals surface area contributed by atoms with Gasteiger partial charge < -0.3 is 10.3 Å². The van der Waals surface area contributed by atoms with E-state index >= 15 is 0 Å². The van der Waals surface area contributed by atoms with E-state index in [2.05, 4.69) is 51.4 Å². The van der Waals surface area contributed by atoms with Crippen molar-refractivity contribution in [1.29, 1.82) is 0 Å². The fraction of sp³-hybridized carbons (Fsp3) is 0.385. The summed E-state index contributed by atoms with van der Waals surface area (Å²) in [6.07, 6.45) is 1.24. The van der Waals surface area contributed by atoms with Crippen molar-refractivity contribution in [2.45, 2.75) is 19.3 Å². The summed E-state index contributed by atoms with van der Waals surface area (Å²) in [6, 6.07) is 6.46. The molecule has 1 fully saturated rings. The van der Waals surface area contributed by atoms with Crippen LogP contribution in [0.3, 0.4) is 0 Å². The lowest BCUT2D eigenvalue weighted by Crippen LogP contribution is -2.08. The van der Waals surface area contributed by atoms with Crippen molar-refractivity contribution in [2.75, 3.05) is 13.1 Å². The highest BCUT2D eigenvalue weighted by Gasteiger charge is 2.21. The number of nitrogens with one attached hydrogen (secondary N) is 2. The van der Waals surface area contributed by atoms with Crippen molar-refractivity contribution in [1.82, 2.24) is 10.3 Å². The van der Waals surface area contributed by atoms with Crippen molar-refractivity contribution in [2.24, 2.45) is 0 Å². The van der Waals surface area contributed by atoms with Crippen molar-refractivity contribution in [3.63, 3.8) is 0 Å². The number of fused-ring (bicyclic) bond motifs is 1. The van der Waals surface area contributed by atoms with Crippen LogP contribution in [0.1, 0.15) is 23.6 Å². The third kappa shape index (κ3) is 1.59. The van der Waals surface area contributed by atoms with E-state index < -0.39 is 0 Å². The Morgan fingerprint density at radius 2 is 2.25 bits per heavy atom. The summed E-state index contributed by atoms with van der Waals surface area (Å²) < 4.78 is 1.14. The Balaban J connectivity index is 2.14.